The van der Waals surface area contributed by atoms with E-state index < -0.39 is 34.3 Å². The largest absolute Gasteiger partial charge is 0.503 e. The lowest BCUT2D eigenvalue weighted by molar-refractivity contribution is -0.0790. The molecule has 198 valence electrons. The van der Waals surface area contributed by atoms with Crippen LogP contribution in [0.25, 0.3) is 0 Å². The van der Waals surface area contributed by atoms with Crippen LogP contribution in [0.15, 0.2) is 34.3 Å². The summed E-state index contributed by atoms with van der Waals surface area (Å²) in [6.07, 6.45) is 4.49. The van der Waals surface area contributed by atoms with Crippen LogP contribution in [-0.2, 0) is 22.7 Å². The molecule has 3 aliphatic heterocycles. The van der Waals surface area contributed by atoms with Crippen molar-refractivity contribution in [3.63, 3.8) is 0 Å². The van der Waals surface area contributed by atoms with E-state index in [1.165, 1.54) is 12.3 Å². The minimum absolute atomic E-state index is 0.0247. The van der Waals surface area contributed by atoms with Gasteiger partial charge in [0.05, 0.1) is 30.8 Å². The molecule has 2 unspecified atom stereocenters. The molecule has 2 N–H and O–H groups in total. The zero-order valence-electron chi connectivity index (χ0n) is 20.8. The number of carbonyl (C=O) groups is 1. The summed E-state index contributed by atoms with van der Waals surface area (Å²) in [6.45, 7) is 4.59. The van der Waals surface area contributed by atoms with E-state index in [1.54, 1.807) is 4.57 Å². The number of nitrogens with one attached hydrogen (secondary N) is 1. The number of halogens is 2. The molecule has 1 amide bonds. The topological polar surface area (TPSA) is 105 Å². The van der Waals surface area contributed by atoms with Crippen LogP contribution < -0.4 is 10.7 Å². The van der Waals surface area contributed by atoms with Gasteiger partial charge in [0.25, 0.3) is 5.91 Å². The van der Waals surface area contributed by atoms with Gasteiger partial charge in [0.1, 0.15) is 17.2 Å². The number of rotatable bonds is 4. The lowest BCUT2D eigenvalue weighted by Gasteiger charge is -2.40. The van der Waals surface area contributed by atoms with Crippen LogP contribution in [-0.4, -0.2) is 51.1 Å². The van der Waals surface area contributed by atoms with Gasteiger partial charge in [0, 0.05) is 43.4 Å². The summed E-state index contributed by atoms with van der Waals surface area (Å²) >= 11 is 0. The smallest absolute Gasteiger partial charge is 0.257 e. The Labute approximate surface area is 212 Å². The van der Waals surface area contributed by atoms with Gasteiger partial charge in [-0.15, -0.1) is 0 Å². The Kier molecular flexibility index (Phi) is 6.76. The van der Waals surface area contributed by atoms with Crippen LogP contribution in [0.3, 0.4) is 0 Å². The molecule has 1 fully saturated rings. The molecule has 1 spiro atoms. The molecular formula is C26H30F2N4O5. The first-order valence-corrected chi connectivity index (χ1v) is 12.4. The minimum atomic E-state index is -0.849. The molecule has 11 heteroatoms. The zero-order valence-corrected chi connectivity index (χ0v) is 20.8. The molecular weight excluding hydrogens is 486 g/mol. The second kappa shape index (κ2) is 9.86. The standard InChI is InChI=1S/C26H30F2N4O5/c1-3-18-6-7-26(9-15(2)30-37-26)22-12-31(18)14-36-13-21-24(34)23(33)19(11-32(21)22)25(35)29-10-16-4-5-17(27)8-20(16)28/h4-5,8,11,18,22,34H,3,6-7,9-10,12-14H2,1-2H3,(H,29,35)/t18-,22?,26-/m0/s1. The number of oxime groups is 1. The van der Waals surface area contributed by atoms with E-state index in [0.717, 1.165) is 30.7 Å². The Morgan fingerprint density at radius 1 is 1.35 bits per heavy atom. The van der Waals surface area contributed by atoms with Crippen molar-refractivity contribution in [1.82, 2.24) is 14.8 Å². The lowest BCUT2D eigenvalue weighted by atomic mass is 9.84. The Hall–Kier alpha value is -3.31. The fourth-order valence-electron chi connectivity index (χ4n) is 5.67. The Morgan fingerprint density at radius 3 is 2.86 bits per heavy atom. The molecule has 4 atom stereocenters. The third kappa shape index (κ3) is 4.61. The number of hydrogen-bond acceptors (Lipinski definition) is 7. The molecule has 2 bridgehead atoms. The fourth-order valence-corrected chi connectivity index (χ4v) is 5.67. The van der Waals surface area contributed by atoms with Crippen LogP contribution in [0.4, 0.5) is 8.78 Å². The predicted molar refractivity (Wildman–Crippen MR) is 130 cm³/mol. The molecule has 4 heterocycles. The molecule has 2 aromatic rings. The fraction of sp³-hybridized carbons (Fsp3) is 0.500. The van der Waals surface area contributed by atoms with Crippen molar-refractivity contribution < 1.29 is 28.3 Å². The maximum atomic E-state index is 14.1. The normalized spacial score (nSPS) is 26.9. The number of nitrogens with zero attached hydrogens (tertiary/aromatic N) is 3. The lowest BCUT2D eigenvalue weighted by Crippen LogP contribution is -2.47. The van der Waals surface area contributed by atoms with Crippen LogP contribution in [0.1, 0.15) is 67.2 Å². The molecule has 9 nitrogen and oxygen atoms in total. The van der Waals surface area contributed by atoms with E-state index in [-0.39, 0.29) is 42.1 Å². The second-order valence-corrected chi connectivity index (χ2v) is 10.0. The number of ether oxygens (including phenoxy) is 1. The first-order valence-electron chi connectivity index (χ1n) is 12.4. The molecule has 0 aliphatic carbocycles. The van der Waals surface area contributed by atoms with Crippen LogP contribution >= 0.6 is 0 Å². The van der Waals surface area contributed by atoms with Crippen molar-refractivity contribution in [3.05, 3.63) is 63.1 Å². The van der Waals surface area contributed by atoms with E-state index in [0.29, 0.717) is 26.1 Å². The highest BCUT2D eigenvalue weighted by molar-refractivity contribution is 5.94. The number of benzene rings is 1. The quantitative estimate of drug-likeness (QED) is 0.647. The Bertz CT molecular complexity index is 1310. The maximum absolute atomic E-state index is 14.1. The van der Waals surface area contributed by atoms with Crippen LogP contribution in [0, 0.1) is 11.6 Å². The average Bonchev–Trinajstić information content (AvgIpc) is 3.15. The SMILES string of the molecule is CC[C@H]1CC[C@]2(CC(C)=NO2)C2CN1COCc1c(O)c(=O)c(C(=O)NCc3ccc(F)cc3F)cn12. The van der Waals surface area contributed by atoms with Crippen LogP contribution in [0.5, 0.6) is 5.75 Å². The molecule has 1 aromatic carbocycles. The number of amides is 1. The first-order chi connectivity index (χ1) is 17.7. The summed E-state index contributed by atoms with van der Waals surface area (Å²) in [5.74, 6) is -2.90. The van der Waals surface area contributed by atoms with Crippen molar-refractivity contribution in [3.8, 4) is 5.75 Å². The van der Waals surface area contributed by atoms with Gasteiger partial charge in [-0.25, -0.2) is 8.78 Å². The predicted octanol–water partition coefficient (Wildman–Crippen LogP) is 3.20. The van der Waals surface area contributed by atoms with Crippen molar-refractivity contribution in [1.29, 1.82) is 0 Å². The van der Waals surface area contributed by atoms with Gasteiger partial charge in [0.15, 0.2) is 11.4 Å². The number of carbonyl (C=O) groups excluding carboxylic acids is 1. The van der Waals surface area contributed by atoms with Gasteiger partial charge in [0.2, 0.25) is 5.43 Å². The van der Waals surface area contributed by atoms with Gasteiger partial charge < -0.3 is 24.6 Å². The van der Waals surface area contributed by atoms with E-state index in [9.17, 15) is 23.5 Å². The molecule has 37 heavy (non-hydrogen) atoms. The van der Waals surface area contributed by atoms with Gasteiger partial charge in [-0.2, -0.15) is 0 Å². The number of aromatic hydroxyl groups is 1. The molecule has 5 rings (SSSR count). The highest BCUT2D eigenvalue weighted by Crippen LogP contribution is 2.44. The summed E-state index contributed by atoms with van der Waals surface area (Å²) in [4.78, 5) is 34.4. The average molecular weight is 517 g/mol. The highest BCUT2D eigenvalue weighted by atomic mass is 19.1. The summed E-state index contributed by atoms with van der Waals surface area (Å²) in [7, 11) is 0. The number of pyridine rings is 1. The molecule has 3 aliphatic rings. The Balaban J connectivity index is 1.54. The van der Waals surface area contributed by atoms with Crippen molar-refractivity contribution in [2.24, 2.45) is 5.16 Å². The Morgan fingerprint density at radius 2 is 2.16 bits per heavy atom. The van der Waals surface area contributed by atoms with E-state index in [1.807, 2.05) is 6.92 Å². The van der Waals surface area contributed by atoms with Crippen LogP contribution in [0.2, 0.25) is 0 Å². The summed E-state index contributed by atoms with van der Waals surface area (Å²) < 4.78 is 34.9. The van der Waals surface area contributed by atoms with Crippen molar-refractivity contribution in [2.45, 2.75) is 70.4 Å². The van der Waals surface area contributed by atoms with E-state index in [4.69, 9.17) is 9.57 Å². The third-order valence-corrected chi connectivity index (χ3v) is 7.69. The zero-order chi connectivity index (χ0) is 26.3. The molecule has 0 radical (unpaired) electrons. The number of aromatic nitrogens is 1. The summed E-state index contributed by atoms with van der Waals surface area (Å²) in [5, 5.41) is 17.7. The summed E-state index contributed by atoms with van der Waals surface area (Å²) in [6, 6.07) is 2.93. The maximum Gasteiger partial charge on any atom is 0.257 e. The number of hydrogen-bond donors (Lipinski definition) is 2. The first kappa shape index (κ1) is 25.3. The van der Waals surface area contributed by atoms with E-state index >= 15 is 0 Å². The minimum Gasteiger partial charge on any atom is -0.503 e. The molecule has 1 aromatic heterocycles. The van der Waals surface area contributed by atoms with Crippen molar-refractivity contribution >= 4 is 11.6 Å². The molecule has 1 saturated heterocycles. The highest BCUT2D eigenvalue weighted by Gasteiger charge is 2.50. The van der Waals surface area contributed by atoms with Gasteiger partial charge >= 0.3 is 0 Å². The van der Waals surface area contributed by atoms with E-state index in [2.05, 4.69) is 22.3 Å². The third-order valence-electron chi connectivity index (χ3n) is 7.69. The monoisotopic (exact) mass is 516 g/mol. The van der Waals surface area contributed by atoms with Gasteiger partial charge in [-0.3, -0.25) is 14.5 Å². The molecule has 0 saturated carbocycles. The van der Waals surface area contributed by atoms with Gasteiger partial charge in [-0.1, -0.05) is 18.1 Å². The van der Waals surface area contributed by atoms with Crippen molar-refractivity contribution in [2.75, 3.05) is 13.3 Å². The second-order valence-electron chi connectivity index (χ2n) is 10.0. The number of fused-ring (bicyclic) bond motifs is 5. The summed E-state index contributed by atoms with van der Waals surface area (Å²) in [5.41, 5.74) is -0.666. The van der Waals surface area contributed by atoms with Gasteiger partial charge in [-0.05, 0) is 32.3 Å².